The van der Waals surface area contributed by atoms with Crippen molar-refractivity contribution in [3.8, 4) is 17.3 Å². The SMILES string of the molecule is N#CCOC(=O)c1nc(-c2ccc(C(F)(F)F)cc2Cl)ccc1Cl. The summed E-state index contributed by atoms with van der Waals surface area (Å²) in [5.74, 6) is -0.925. The highest BCUT2D eigenvalue weighted by molar-refractivity contribution is 6.34. The Balaban J connectivity index is 2.43. The molecular formula is C15H7Cl2F3N2O2. The summed E-state index contributed by atoms with van der Waals surface area (Å²) in [4.78, 5) is 15.7. The van der Waals surface area contributed by atoms with Crippen LogP contribution < -0.4 is 0 Å². The number of alkyl halides is 3. The normalized spacial score (nSPS) is 11.0. The average molecular weight is 375 g/mol. The molecular weight excluding hydrogens is 368 g/mol. The number of carbonyl (C=O) groups excluding carboxylic acids is 1. The van der Waals surface area contributed by atoms with Crippen molar-refractivity contribution < 1.29 is 22.7 Å². The van der Waals surface area contributed by atoms with E-state index in [0.29, 0.717) is 0 Å². The van der Waals surface area contributed by atoms with Crippen LogP contribution in [0.2, 0.25) is 10.0 Å². The number of esters is 1. The van der Waals surface area contributed by atoms with Crippen LogP contribution in [0.1, 0.15) is 16.1 Å². The molecule has 1 heterocycles. The van der Waals surface area contributed by atoms with E-state index in [1.165, 1.54) is 12.1 Å². The van der Waals surface area contributed by atoms with Gasteiger partial charge in [0.15, 0.2) is 12.3 Å². The highest BCUT2D eigenvalue weighted by Gasteiger charge is 2.31. The molecule has 0 aliphatic heterocycles. The van der Waals surface area contributed by atoms with Crippen molar-refractivity contribution in [2.75, 3.05) is 6.61 Å². The molecule has 2 aromatic rings. The number of halogens is 5. The fourth-order valence-corrected chi connectivity index (χ4v) is 2.26. The van der Waals surface area contributed by atoms with Gasteiger partial charge in [0.1, 0.15) is 6.07 Å². The summed E-state index contributed by atoms with van der Waals surface area (Å²) in [6, 6.07) is 7.12. The molecule has 4 nitrogen and oxygen atoms in total. The predicted molar refractivity (Wildman–Crippen MR) is 80.6 cm³/mol. The van der Waals surface area contributed by atoms with Crippen LogP contribution in [0.4, 0.5) is 13.2 Å². The standard InChI is InChI=1S/C15H7Cl2F3N2O2/c16-10-3-4-12(22-13(10)14(23)24-6-5-21)9-2-1-8(7-11(9)17)15(18,19)20/h1-4,7H,6H2. The van der Waals surface area contributed by atoms with Gasteiger partial charge in [-0.2, -0.15) is 18.4 Å². The van der Waals surface area contributed by atoms with Gasteiger partial charge in [-0.3, -0.25) is 0 Å². The molecule has 9 heteroatoms. The van der Waals surface area contributed by atoms with E-state index in [1.54, 1.807) is 6.07 Å². The Hall–Kier alpha value is -2.30. The van der Waals surface area contributed by atoms with Crippen LogP contribution in [0.5, 0.6) is 0 Å². The van der Waals surface area contributed by atoms with Gasteiger partial charge < -0.3 is 4.74 Å². The summed E-state index contributed by atoms with van der Waals surface area (Å²) < 4.78 is 42.6. The van der Waals surface area contributed by atoms with Crippen LogP contribution in [0.15, 0.2) is 30.3 Å². The van der Waals surface area contributed by atoms with Crippen LogP contribution in [-0.2, 0) is 10.9 Å². The van der Waals surface area contributed by atoms with E-state index in [-0.39, 0.29) is 27.0 Å². The number of hydrogen-bond acceptors (Lipinski definition) is 4. The van der Waals surface area contributed by atoms with Crippen molar-refractivity contribution in [3.63, 3.8) is 0 Å². The van der Waals surface area contributed by atoms with Crippen molar-refractivity contribution in [1.29, 1.82) is 5.26 Å². The molecule has 0 fully saturated rings. The fourth-order valence-electron chi connectivity index (χ4n) is 1.80. The lowest BCUT2D eigenvalue weighted by Crippen LogP contribution is -2.09. The predicted octanol–water partition coefficient (Wildman–Crippen LogP) is 4.75. The topological polar surface area (TPSA) is 63.0 Å². The third-order valence-electron chi connectivity index (χ3n) is 2.88. The number of rotatable bonds is 3. The number of ether oxygens (including phenoxy) is 1. The van der Waals surface area contributed by atoms with E-state index >= 15 is 0 Å². The molecule has 0 atom stereocenters. The molecule has 0 aliphatic rings. The van der Waals surface area contributed by atoms with Crippen LogP contribution in [-0.4, -0.2) is 17.6 Å². The second-order valence-electron chi connectivity index (χ2n) is 4.45. The molecule has 24 heavy (non-hydrogen) atoms. The minimum atomic E-state index is -4.53. The van der Waals surface area contributed by atoms with Gasteiger partial charge >= 0.3 is 12.1 Å². The summed E-state index contributed by atoms with van der Waals surface area (Å²) in [6.07, 6.45) is -4.53. The van der Waals surface area contributed by atoms with Crippen LogP contribution in [0, 0.1) is 11.3 Å². The average Bonchev–Trinajstić information content (AvgIpc) is 2.52. The Bertz CT molecular complexity index is 832. The van der Waals surface area contributed by atoms with Crippen molar-refractivity contribution in [3.05, 3.63) is 51.6 Å². The maximum Gasteiger partial charge on any atom is 0.416 e. The van der Waals surface area contributed by atoms with Gasteiger partial charge in [0.2, 0.25) is 0 Å². The van der Waals surface area contributed by atoms with Crippen molar-refractivity contribution in [2.45, 2.75) is 6.18 Å². The molecule has 124 valence electrons. The second kappa shape index (κ2) is 7.07. The molecule has 0 bridgehead atoms. The van der Waals surface area contributed by atoms with Gasteiger partial charge in [-0.15, -0.1) is 0 Å². The monoisotopic (exact) mass is 374 g/mol. The molecule has 1 aromatic carbocycles. The molecule has 2 rings (SSSR count). The maximum absolute atomic E-state index is 12.7. The minimum absolute atomic E-state index is 0.0234. The van der Waals surface area contributed by atoms with Crippen LogP contribution in [0.3, 0.4) is 0 Å². The highest BCUT2D eigenvalue weighted by atomic mass is 35.5. The number of carbonyl (C=O) groups is 1. The first-order chi connectivity index (χ1) is 11.2. The van der Waals surface area contributed by atoms with Crippen LogP contribution >= 0.6 is 23.2 Å². The number of hydrogen-bond donors (Lipinski definition) is 0. The number of nitrogens with zero attached hydrogens (tertiary/aromatic N) is 2. The molecule has 0 spiro atoms. The quantitative estimate of drug-likeness (QED) is 0.726. The van der Waals surface area contributed by atoms with Gasteiger partial charge in [-0.25, -0.2) is 9.78 Å². The molecule has 0 amide bonds. The first kappa shape index (κ1) is 18.0. The summed E-state index contributed by atoms with van der Waals surface area (Å²) in [7, 11) is 0. The molecule has 0 unspecified atom stereocenters. The van der Waals surface area contributed by atoms with Gasteiger partial charge in [-0.05, 0) is 24.3 Å². The fraction of sp³-hybridized carbons (Fsp3) is 0.133. The summed E-state index contributed by atoms with van der Waals surface area (Å²) >= 11 is 11.7. The lowest BCUT2D eigenvalue weighted by Gasteiger charge is -2.11. The van der Waals surface area contributed by atoms with E-state index in [9.17, 15) is 18.0 Å². The Morgan fingerprint density at radius 2 is 1.92 bits per heavy atom. The molecule has 0 saturated carbocycles. The van der Waals surface area contributed by atoms with Crippen molar-refractivity contribution in [1.82, 2.24) is 4.98 Å². The Labute approximate surface area is 144 Å². The van der Waals surface area contributed by atoms with Crippen molar-refractivity contribution >= 4 is 29.2 Å². The number of nitriles is 1. The number of pyridine rings is 1. The summed E-state index contributed by atoms with van der Waals surface area (Å²) in [5.41, 5.74) is -0.836. The number of aromatic nitrogens is 1. The molecule has 0 radical (unpaired) electrons. The zero-order valence-corrected chi connectivity index (χ0v) is 13.2. The van der Waals surface area contributed by atoms with E-state index in [1.807, 2.05) is 0 Å². The molecule has 1 aromatic heterocycles. The first-order valence-corrected chi connectivity index (χ1v) is 7.07. The third-order valence-corrected chi connectivity index (χ3v) is 3.50. The van der Waals surface area contributed by atoms with E-state index in [4.69, 9.17) is 28.5 Å². The molecule has 0 N–H and O–H groups in total. The van der Waals surface area contributed by atoms with E-state index < -0.39 is 24.3 Å². The van der Waals surface area contributed by atoms with E-state index in [2.05, 4.69) is 9.72 Å². The lowest BCUT2D eigenvalue weighted by atomic mass is 10.1. The molecule has 0 aliphatic carbocycles. The van der Waals surface area contributed by atoms with Gasteiger partial charge in [0.25, 0.3) is 0 Å². The zero-order valence-electron chi connectivity index (χ0n) is 11.7. The highest BCUT2D eigenvalue weighted by Crippen LogP contribution is 2.35. The van der Waals surface area contributed by atoms with Gasteiger partial charge in [0, 0.05) is 5.56 Å². The van der Waals surface area contributed by atoms with Gasteiger partial charge in [0.05, 0.1) is 21.3 Å². The minimum Gasteiger partial charge on any atom is -0.446 e. The Kier molecular flexibility index (Phi) is 5.32. The first-order valence-electron chi connectivity index (χ1n) is 6.31. The lowest BCUT2D eigenvalue weighted by molar-refractivity contribution is -0.137. The maximum atomic E-state index is 12.7. The van der Waals surface area contributed by atoms with Crippen molar-refractivity contribution in [2.24, 2.45) is 0 Å². The summed E-state index contributed by atoms with van der Waals surface area (Å²) in [6.45, 7) is -0.484. The largest absolute Gasteiger partial charge is 0.446 e. The zero-order chi connectivity index (χ0) is 17.9. The number of benzene rings is 1. The Morgan fingerprint density at radius 3 is 2.50 bits per heavy atom. The molecule has 0 saturated heterocycles. The van der Waals surface area contributed by atoms with Gasteiger partial charge in [-0.1, -0.05) is 29.3 Å². The third kappa shape index (κ3) is 3.96. The van der Waals surface area contributed by atoms with Crippen LogP contribution in [0.25, 0.3) is 11.3 Å². The van der Waals surface area contributed by atoms with E-state index in [0.717, 1.165) is 18.2 Å². The Morgan fingerprint density at radius 1 is 1.21 bits per heavy atom. The second-order valence-corrected chi connectivity index (χ2v) is 5.27. The summed E-state index contributed by atoms with van der Waals surface area (Å²) in [5, 5.41) is 8.19. The smallest absolute Gasteiger partial charge is 0.416 e.